The van der Waals surface area contributed by atoms with Crippen molar-refractivity contribution in [2.45, 2.75) is 78.7 Å². The zero-order valence-corrected chi connectivity index (χ0v) is 14.6. The lowest BCUT2D eigenvalue weighted by atomic mass is 9.45. The molecular formula is C18H30O4. The Labute approximate surface area is 133 Å². The van der Waals surface area contributed by atoms with E-state index in [1.807, 2.05) is 6.92 Å². The first-order valence-corrected chi connectivity index (χ1v) is 8.43. The summed E-state index contributed by atoms with van der Waals surface area (Å²) in [6, 6.07) is 0. The summed E-state index contributed by atoms with van der Waals surface area (Å²) in [4.78, 5) is 23.0. The zero-order chi connectivity index (χ0) is 16.8. The lowest BCUT2D eigenvalue weighted by Crippen LogP contribution is -2.59. The maximum absolute atomic E-state index is 11.6. The molecule has 0 heterocycles. The van der Waals surface area contributed by atoms with Gasteiger partial charge in [0.25, 0.3) is 0 Å². The van der Waals surface area contributed by atoms with Crippen LogP contribution in [0.4, 0.5) is 0 Å². The largest absolute Gasteiger partial charge is 0.481 e. The van der Waals surface area contributed by atoms with E-state index in [0.29, 0.717) is 5.92 Å². The van der Waals surface area contributed by atoms with Gasteiger partial charge in [0, 0.05) is 12.8 Å². The van der Waals surface area contributed by atoms with Gasteiger partial charge < -0.3 is 9.84 Å². The molecule has 2 aliphatic rings. The van der Waals surface area contributed by atoms with Crippen molar-refractivity contribution in [3.8, 4) is 0 Å². The quantitative estimate of drug-likeness (QED) is 0.799. The summed E-state index contributed by atoms with van der Waals surface area (Å²) >= 11 is 0. The Morgan fingerprint density at radius 1 is 1.14 bits per heavy atom. The first kappa shape index (κ1) is 17.3. The van der Waals surface area contributed by atoms with Crippen molar-refractivity contribution in [2.75, 3.05) is 0 Å². The van der Waals surface area contributed by atoms with Crippen LogP contribution in [0.3, 0.4) is 0 Å². The molecule has 126 valence electrons. The number of fused-ring (bicyclic) bond motifs is 1. The molecule has 0 unspecified atom stereocenters. The molecule has 2 rings (SSSR count). The van der Waals surface area contributed by atoms with Crippen LogP contribution < -0.4 is 0 Å². The average Bonchev–Trinajstić information content (AvgIpc) is 2.31. The number of ether oxygens (including phenoxy) is 1. The van der Waals surface area contributed by atoms with Crippen LogP contribution >= 0.6 is 0 Å². The second-order valence-electron chi connectivity index (χ2n) is 8.50. The van der Waals surface area contributed by atoms with E-state index in [9.17, 15) is 14.7 Å². The topological polar surface area (TPSA) is 63.6 Å². The third kappa shape index (κ3) is 2.89. The molecule has 4 atom stereocenters. The molecule has 0 amide bonds. The van der Waals surface area contributed by atoms with Crippen molar-refractivity contribution in [3.05, 3.63) is 0 Å². The van der Waals surface area contributed by atoms with E-state index in [1.165, 1.54) is 13.3 Å². The highest BCUT2D eigenvalue weighted by Gasteiger charge is 2.60. The fourth-order valence-electron chi connectivity index (χ4n) is 5.68. The predicted octanol–water partition coefficient (Wildman–Crippen LogP) is 4.03. The summed E-state index contributed by atoms with van der Waals surface area (Å²) in [7, 11) is 0. The van der Waals surface area contributed by atoms with Crippen molar-refractivity contribution in [3.63, 3.8) is 0 Å². The normalized spacial score (nSPS) is 40.6. The molecular weight excluding hydrogens is 280 g/mol. The molecule has 0 aromatic heterocycles. The molecule has 0 aromatic rings. The number of hydrogen-bond acceptors (Lipinski definition) is 3. The summed E-state index contributed by atoms with van der Waals surface area (Å²) in [6.07, 6.45) is 5.17. The van der Waals surface area contributed by atoms with Crippen molar-refractivity contribution in [1.82, 2.24) is 0 Å². The summed E-state index contributed by atoms with van der Waals surface area (Å²) in [5.41, 5.74) is -0.521. The average molecular weight is 310 g/mol. The van der Waals surface area contributed by atoms with Crippen LogP contribution in [0.2, 0.25) is 0 Å². The van der Waals surface area contributed by atoms with E-state index in [-0.39, 0.29) is 29.1 Å². The fraction of sp³-hybridized carbons (Fsp3) is 0.889. The Hall–Kier alpha value is -1.06. The van der Waals surface area contributed by atoms with Gasteiger partial charge in [-0.1, -0.05) is 27.2 Å². The van der Waals surface area contributed by atoms with Gasteiger partial charge in [-0.2, -0.15) is 0 Å². The molecule has 0 aromatic carbocycles. The van der Waals surface area contributed by atoms with Gasteiger partial charge in [-0.15, -0.1) is 0 Å². The standard InChI is InChI=1S/C18H30O4/c1-12(19)22-18(5)10-7-13-16(2,3)8-6-9-17(13,4)14(18)11-15(20)21/h13-14H,6-11H2,1-5H3,(H,20,21)/t13-,14+,17-,18+/m0/s1. The Balaban J connectivity index is 2.43. The molecule has 2 aliphatic carbocycles. The molecule has 4 heteroatoms. The van der Waals surface area contributed by atoms with Gasteiger partial charge in [0.05, 0.1) is 6.42 Å². The summed E-state index contributed by atoms with van der Waals surface area (Å²) < 4.78 is 5.67. The number of rotatable bonds is 3. The number of hydrogen-bond donors (Lipinski definition) is 1. The number of carboxylic acid groups (broad SMARTS) is 1. The molecule has 0 radical (unpaired) electrons. The summed E-state index contributed by atoms with van der Waals surface area (Å²) in [5, 5.41) is 9.43. The van der Waals surface area contributed by atoms with Crippen LogP contribution in [0.1, 0.15) is 73.1 Å². The zero-order valence-electron chi connectivity index (χ0n) is 14.6. The molecule has 22 heavy (non-hydrogen) atoms. The van der Waals surface area contributed by atoms with E-state index in [4.69, 9.17) is 4.74 Å². The molecule has 4 nitrogen and oxygen atoms in total. The Kier molecular flexibility index (Phi) is 4.35. The molecule has 2 fully saturated rings. The smallest absolute Gasteiger partial charge is 0.303 e. The SMILES string of the molecule is CC(=O)O[C@]1(C)CC[C@H]2C(C)(C)CCC[C@]2(C)[C@H]1CC(=O)O. The minimum absolute atomic E-state index is 0.0762. The molecule has 0 saturated heterocycles. The Morgan fingerprint density at radius 3 is 2.32 bits per heavy atom. The number of esters is 1. The van der Waals surface area contributed by atoms with Crippen molar-refractivity contribution < 1.29 is 19.4 Å². The van der Waals surface area contributed by atoms with Crippen LogP contribution in [0.5, 0.6) is 0 Å². The summed E-state index contributed by atoms with van der Waals surface area (Å²) in [5.74, 6) is -0.745. The predicted molar refractivity (Wildman–Crippen MR) is 84.4 cm³/mol. The van der Waals surface area contributed by atoms with Crippen molar-refractivity contribution in [2.24, 2.45) is 22.7 Å². The lowest BCUT2D eigenvalue weighted by molar-refractivity contribution is -0.202. The van der Waals surface area contributed by atoms with Gasteiger partial charge in [0.2, 0.25) is 0 Å². The molecule has 0 aliphatic heterocycles. The van der Waals surface area contributed by atoms with E-state index >= 15 is 0 Å². The maximum Gasteiger partial charge on any atom is 0.303 e. The highest BCUT2D eigenvalue weighted by atomic mass is 16.6. The fourth-order valence-corrected chi connectivity index (χ4v) is 5.68. The summed E-state index contributed by atoms with van der Waals surface area (Å²) in [6.45, 7) is 10.2. The number of carboxylic acids is 1. The minimum atomic E-state index is -0.798. The van der Waals surface area contributed by atoms with E-state index in [1.54, 1.807) is 0 Å². The second-order valence-corrected chi connectivity index (χ2v) is 8.50. The van der Waals surface area contributed by atoms with Crippen LogP contribution in [0, 0.1) is 22.7 Å². The highest BCUT2D eigenvalue weighted by Crippen LogP contribution is 2.63. The molecule has 1 N–H and O–H groups in total. The first-order chi connectivity index (χ1) is 10.0. The van der Waals surface area contributed by atoms with Crippen LogP contribution in [0.15, 0.2) is 0 Å². The van der Waals surface area contributed by atoms with Gasteiger partial charge in [-0.25, -0.2) is 0 Å². The third-order valence-corrected chi connectivity index (χ3v) is 6.49. The van der Waals surface area contributed by atoms with Gasteiger partial charge >= 0.3 is 11.9 Å². The number of carbonyl (C=O) groups is 2. The van der Waals surface area contributed by atoms with E-state index < -0.39 is 11.6 Å². The van der Waals surface area contributed by atoms with Crippen molar-refractivity contribution >= 4 is 11.9 Å². The minimum Gasteiger partial charge on any atom is -0.481 e. The van der Waals surface area contributed by atoms with Gasteiger partial charge in [0.1, 0.15) is 5.60 Å². The molecule has 0 spiro atoms. The van der Waals surface area contributed by atoms with E-state index in [0.717, 1.165) is 25.7 Å². The van der Waals surface area contributed by atoms with Crippen LogP contribution in [0.25, 0.3) is 0 Å². The van der Waals surface area contributed by atoms with E-state index in [2.05, 4.69) is 20.8 Å². The monoisotopic (exact) mass is 310 g/mol. The maximum atomic E-state index is 11.6. The van der Waals surface area contributed by atoms with Gasteiger partial charge in [-0.05, 0) is 49.4 Å². The molecule has 2 saturated carbocycles. The third-order valence-electron chi connectivity index (χ3n) is 6.49. The van der Waals surface area contributed by atoms with Gasteiger partial charge in [0.15, 0.2) is 0 Å². The van der Waals surface area contributed by atoms with Crippen LogP contribution in [-0.2, 0) is 14.3 Å². The highest BCUT2D eigenvalue weighted by molar-refractivity contribution is 5.68. The lowest BCUT2D eigenvalue weighted by Gasteiger charge is -2.61. The van der Waals surface area contributed by atoms with Crippen molar-refractivity contribution in [1.29, 1.82) is 0 Å². The first-order valence-electron chi connectivity index (χ1n) is 8.43. The van der Waals surface area contributed by atoms with Crippen LogP contribution in [-0.4, -0.2) is 22.6 Å². The second kappa shape index (κ2) is 5.54. The number of aliphatic carboxylic acids is 1. The Morgan fingerprint density at radius 2 is 1.77 bits per heavy atom. The number of carbonyl (C=O) groups excluding carboxylic acids is 1. The van der Waals surface area contributed by atoms with Gasteiger partial charge in [-0.3, -0.25) is 9.59 Å². The molecule has 0 bridgehead atoms. The Bertz CT molecular complexity index is 470.